The van der Waals surface area contributed by atoms with Crippen LogP contribution in [0.5, 0.6) is 0 Å². The van der Waals surface area contributed by atoms with Crippen LogP contribution in [0.4, 0.5) is 0 Å². The molecule has 3 unspecified atom stereocenters. The monoisotopic (exact) mass is 210 g/mol. The van der Waals surface area contributed by atoms with Crippen LogP contribution in [0.25, 0.3) is 0 Å². The third kappa shape index (κ3) is 2.59. The summed E-state index contributed by atoms with van der Waals surface area (Å²) < 4.78 is 10.8. The molecule has 3 heteroatoms. The number of epoxide rings is 1. The van der Waals surface area contributed by atoms with E-state index in [9.17, 15) is 4.79 Å². The van der Waals surface area contributed by atoms with E-state index in [2.05, 4.69) is 0 Å². The highest BCUT2D eigenvalue weighted by molar-refractivity contribution is 5.87. The quantitative estimate of drug-likeness (QED) is 0.407. The van der Waals surface area contributed by atoms with E-state index >= 15 is 0 Å². The van der Waals surface area contributed by atoms with Crippen LogP contribution in [0.15, 0.2) is 11.6 Å². The standard InChI is InChI=1S/C12H18O3/c1-3-4-8(2)12(13)14-9-5-6-10-11(7-9)15-10/h4,9-11H,3,5-7H2,1-2H3/b8-4+. The van der Waals surface area contributed by atoms with Gasteiger partial charge in [-0.15, -0.1) is 0 Å². The number of hydrogen-bond acceptors (Lipinski definition) is 3. The SMILES string of the molecule is CC/C=C(\C)C(=O)OC1CCC2OC2C1. The van der Waals surface area contributed by atoms with Gasteiger partial charge in [0.05, 0.1) is 12.2 Å². The molecule has 2 aliphatic rings. The first-order chi connectivity index (χ1) is 7.20. The van der Waals surface area contributed by atoms with Crippen LogP contribution in [0, 0.1) is 0 Å². The highest BCUT2D eigenvalue weighted by atomic mass is 16.6. The zero-order valence-corrected chi connectivity index (χ0v) is 9.36. The lowest BCUT2D eigenvalue weighted by Crippen LogP contribution is -2.25. The molecule has 0 aromatic carbocycles. The van der Waals surface area contributed by atoms with E-state index in [-0.39, 0.29) is 12.1 Å². The molecule has 0 spiro atoms. The molecule has 1 aliphatic carbocycles. The highest BCUT2D eigenvalue weighted by Gasteiger charge is 2.45. The molecule has 2 rings (SSSR count). The molecule has 0 N–H and O–H groups in total. The maximum atomic E-state index is 11.6. The van der Waals surface area contributed by atoms with Crippen molar-refractivity contribution in [3.05, 3.63) is 11.6 Å². The summed E-state index contributed by atoms with van der Waals surface area (Å²) in [5.74, 6) is -0.166. The third-order valence-corrected chi connectivity index (χ3v) is 3.06. The second-order valence-electron chi connectivity index (χ2n) is 4.35. The van der Waals surface area contributed by atoms with E-state index in [1.807, 2.05) is 19.9 Å². The number of rotatable bonds is 3. The topological polar surface area (TPSA) is 38.8 Å². The Hall–Kier alpha value is -0.830. The van der Waals surface area contributed by atoms with E-state index in [0.717, 1.165) is 31.3 Å². The number of allylic oxidation sites excluding steroid dienone is 1. The molecule has 84 valence electrons. The van der Waals surface area contributed by atoms with Gasteiger partial charge in [-0.25, -0.2) is 4.79 Å². The Balaban J connectivity index is 1.80. The molecule has 1 saturated heterocycles. The van der Waals surface area contributed by atoms with Crippen LogP contribution < -0.4 is 0 Å². The van der Waals surface area contributed by atoms with Crippen LogP contribution in [-0.2, 0) is 14.3 Å². The van der Waals surface area contributed by atoms with Gasteiger partial charge in [0.15, 0.2) is 0 Å². The molecule has 1 saturated carbocycles. The Morgan fingerprint density at radius 2 is 2.27 bits per heavy atom. The van der Waals surface area contributed by atoms with Crippen molar-refractivity contribution < 1.29 is 14.3 Å². The summed E-state index contributed by atoms with van der Waals surface area (Å²) in [6, 6.07) is 0. The maximum Gasteiger partial charge on any atom is 0.333 e. The Labute approximate surface area is 90.4 Å². The van der Waals surface area contributed by atoms with Crippen LogP contribution in [0.2, 0.25) is 0 Å². The average Bonchev–Trinajstić information content (AvgIpc) is 2.96. The molecule has 2 fully saturated rings. The maximum absolute atomic E-state index is 11.6. The van der Waals surface area contributed by atoms with Gasteiger partial charge in [-0.3, -0.25) is 0 Å². The first kappa shape index (κ1) is 10.7. The number of carbonyl (C=O) groups is 1. The Bertz CT molecular complexity index is 283. The van der Waals surface area contributed by atoms with Crippen molar-refractivity contribution >= 4 is 5.97 Å². The van der Waals surface area contributed by atoms with Gasteiger partial charge in [0.1, 0.15) is 6.10 Å². The van der Waals surface area contributed by atoms with Crippen molar-refractivity contribution in [1.82, 2.24) is 0 Å². The van der Waals surface area contributed by atoms with Crippen LogP contribution in [-0.4, -0.2) is 24.3 Å². The zero-order valence-electron chi connectivity index (χ0n) is 9.36. The molecule has 0 aromatic rings. The van der Waals surface area contributed by atoms with Gasteiger partial charge in [-0.05, 0) is 26.2 Å². The third-order valence-electron chi connectivity index (χ3n) is 3.06. The van der Waals surface area contributed by atoms with Crippen LogP contribution in [0.3, 0.4) is 0 Å². The molecule has 0 aromatic heterocycles. The second kappa shape index (κ2) is 4.35. The Morgan fingerprint density at radius 3 is 2.93 bits per heavy atom. The smallest absolute Gasteiger partial charge is 0.333 e. The number of carbonyl (C=O) groups excluding carboxylic acids is 1. The normalized spacial score (nSPS) is 34.5. The lowest BCUT2D eigenvalue weighted by atomic mass is 9.98. The Morgan fingerprint density at radius 1 is 1.47 bits per heavy atom. The van der Waals surface area contributed by atoms with Gasteiger partial charge in [0.25, 0.3) is 0 Å². The van der Waals surface area contributed by atoms with Gasteiger partial charge in [0.2, 0.25) is 0 Å². The molecule has 1 heterocycles. The summed E-state index contributed by atoms with van der Waals surface area (Å²) in [4.78, 5) is 11.6. The second-order valence-corrected chi connectivity index (χ2v) is 4.35. The van der Waals surface area contributed by atoms with Crippen molar-refractivity contribution in [2.45, 2.75) is 57.8 Å². The number of fused-ring (bicyclic) bond motifs is 1. The van der Waals surface area contributed by atoms with Gasteiger partial charge >= 0.3 is 5.97 Å². The summed E-state index contributed by atoms with van der Waals surface area (Å²) >= 11 is 0. The Kier molecular flexibility index (Phi) is 3.10. The fourth-order valence-electron chi connectivity index (χ4n) is 2.11. The summed E-state index contributed by atoms with van der Waals surface area (Å²) in [5.41, 5.74) is 0.719. The van der Waals surface area contributed by atoms with E-state index in [1.54, 1.807) is 0 Å². The van der Waals surface area contributed by atoms with Crippen molar-refractivity contribution in [1.29, 1.82) is 0 Å². The molecule has 1 aliphatic heterocycles. The van der Waals surface area contributed by atoms with Crippen LogP contribution >= 0.6 is 0 Å². The predicted octanol–water partition coefficient (Wildman–Crippen LogP) is 2.21. The highest BCUT2D eigenvalue weighted by Crippen LogP contribution is 2.37. The van der Waals surface area contributed by atoms with Gasteiger partial charge in [-0.2, -0.15) is 0 Å². The number of esters is 1. The van der Waals surface area contributed by atoms with Crippen LogP contribution in [0.1, 0.15) is 39.5 Å². The minimum Gasteiger partial charge on any atom is -0.459 e. The molecule has 0 bridgehead atoms. The van der Waals surface area contributed by atoms with E-state index in [0.29, 0.717) is 12.2 Å². The minimum atomic E-state index is -0.166. The van der Waals surface area contributed by atoms with Crippen molar-refractivity contribution in [3.8, 4) is 0 Å². The van der Waals surface area contributed by atoms with Gasteiger partial charge in [0, 0.05) is 12.0 Å². The fourth-order valence-corrected chi connectivity index (χ4v) is 2.11. The lowest BCUT2D eigenvalue weighted by molar-refractivity contribution is -0.145. The first-order valence-electron chi connectivity index (χ1n) is 5.74. The summed E-state index contributed by atoms with van der Waals surface area (Å²) in [7, 11) is 0. The van der Waals surface area contributed by atoms with Crippen molar-refractivity contribution in [3.63, 3.8) is 0 Å². The molecular weight excluding hydrogens is 192 g/mol. The lowest BCUT2D eigenvalue weighted by Gasteiger charge is -2.19. The van der Waals surface area contributed by atoms with Gasteiger partial charge in [-0.1, -0.05) is 13.0 Å². The summed E-state index contributed by atoms with van der Waals surface area (Å²) in [5, 5.41) is 0. The molecule has 15 heavy (non-hydrogen) atoms. The molecule has 3 atom stereocenters. The van der Waals surface area contributed by atoms with Crippen molar-refractivity contribution in [2.75, 3.05) is 0 Å². The number of hydrogen-bond donors (Lipinski definition) is 0. The number of ether oxygens (including phenoxy) is 2. The molecule has 0 amide bonds. The zero-order chi connectivity index (χ0) is 10.8. The van der Waals surface area contributed by atoms with E-state index in [4.69, 9.17) is 9.47 Å². The molecule has 3 nitrogen and oxygen atoms in total. The van der Waals surface area contributed by atoms with Gasteiger partial charge < -0.3 is 9.47 Å². The summed E-state index contributed by atoms with van der Waals surface area (Å²) in [6.45, 7) is 3.82. The van der Waals surface area contributed by atoms with E-state index < -0.39 is 0 Å². The fraction of sp³-hybridized carbons (Fsp3) is 0.750. The average molecular weight is 210 g/mol. The largest absolute Gasteiger partial charge is 0.459 e. The van der Waals surface area contributed by atoms with Crippen molar-refractivity contribution in [2.24, 2.45) is 0 Å². The molecule has 0 radical (unpaired) electrons. The first-order valence-corrected chi connectivity index (χ1v) is 5.74. The molecular formula is C12H18O3. The minimum absolute atomic E-state index is 0.0708. The summed E-state index contributed by atoms with van der Waals surface area (Å²) in [6.07, 6.45) is 6.56. The van der Waals surface area contributed by atoms with E-state index in [1.165, 1.54) is 0 Å². The predicted molar refractivity (Wildman–Crippen MR) is 56.4 cm³/mol.